The van der Waals surface area contributed by atoms with Gasteiger partial charge in [0.25, 0.3) is 0 Å². The molecule has 0 unspecified atom stereocenters. The Hall–Kier alpha value is -1.15. The molecule has 0 radical (unpaired) electrons. The average molecular weight is 309 g/mol. The standard InChI is InChI=1S/C11H16N2O4S.ClH/c1-2-17-11(14)8-10(12)13-18(15,16)9-6-4-3-5-7-9;/h3-7,10,13H,2,8,12H2,1H3;1H/t10-;/m0./s1. The Morgan fingerprint density at radius 1 is 1.37 bits per heavy atom. The number of nitrogens with one attached hydrogen (secondary N) is 1. The molecule has 1 aromatic rings. The third kappa shape index (κ3) is 6.02. The van der Waals surface area contributed by atoms with Gasteiger partial charge in [0.15, 0.2) is 0 Å². The zero-order valence-electron chi connectivity index (χ0n) is 10.4. The SMILES string of the molecule is CCOC(=O)C[C@@H](N)NS(=O)(=O)c1ccccc1.Cl. The second-order valence-electron chi connectivity index (χ2n) is 3.55. The van der Waals surface area contributed by atoms with E-state index in [1.165, 1.54) is 12.1 Å². The molecular formula is C11H17ClN2O4S. The summed E-state index contributed by atoms with van der Waals surface area (Å²) in [5.41, 5.74) is 5.54. The van der Waals surface area contributed by atoms with Crippen LogP contribution in [0.3, 0.4) is 0 Å². The van der Waals surface area contributed by atoms with Gasteiger partial charge in [-0.2, -0.15) is 4.72 Å². The third-order valence-corrected chi connectivity index (χ3v) is 3.56. The first-order valence-corrected chi connectivity index (χ1v) is 6.92. The zero-order valence-corrected chi connectivity index (χ0v) is 12.0. The van der Waals surface area contributed by atoms with Crippen molar-refractivity contribution >= 4 is 28.4 Å². The predicted octanol–water partition coefficient (Wildman–Crippen LogP) is 0.625. The smallest absolute Gasteiger partial charge is 0.308 e. The van der Waals surface area contributed by atoms with Gasteiger partial charge in [0, 0.05) is 0 Å². The van der Waals surface area contributed by atoms with E-state index in [0.717, 1.165) is 0 Å². The van der Waals surface area contributed by atoms with E-state index >= 15 is 0 Å². The maximum absolute atomic E-state index is 11.8. The lowest BCUT2D eigenvalue weighted by atomic mass is 10.4. The van der Waals surface area contributed by atoms with Crippen LogP contribution in [0.25, 0.3) is 0 Å². The quantitative estimate of drug-likeness (QED) is 0.593. The van der Waals surface area contributed by atoms with Gasteiger partial charge in [0.05, 0.1) is 24.1 Å². The van der Waals surface area contributed by atoms with E-state index in [4.69, 9.17) is 5.73 Å². The Morgan fingerprint density at radius 3 is 2.47 bits per heavy atom. The van der Waals surface area contributed by atoms with Crippen molar-refractivity contribution in [3.8, 4) is 0 Å². The van der Waals surface area contributed by atoms with Crippen LogP contribution in [0.4, 0.5) is 0 Å². The van der Waals surface area contributed by atoms with Crippen LogP contribution in [-0.4, -0.2) is 27.2 Å². The second kappa shape index (κ2) is 8.11. The molecule has 19 heavy (non-hydrogen) atoms. The Balaban J connectivity index is 0.00000324. The number of hydrogen-bond acceptors (Lipinski definition) is 5. The van der Waals surface area contributed by atoms with Gasteiger partial charge in [-0.1, -0.05) is 18.2 Å². The van der Waals surface area contributed by atoms with Crippen molar-refractivity contribution in [2.24, 2.45) is 5.73 Å². The minimum Gasteiger partial charge on any atom is -0.466 e. The highest BCUT2D eigenvalue weighted by Crippen LogP contribution is 2.07. The number of esters is 1. The molecule has 0 spiro atoms. The van der Waals surface area contributed by atoms with Crippen LogP contribution in [0, 0.1) is 0 Å². The zero-order chi connectivity index (χ0) is 13.6. The molecule has 0 fully saturated rings. The first-order chi connectivity index (χ1) is 8.45. The van der Waals surface area contributed by atoms with Gasteiger partial charge in [-0.3, -0.25) is 4.79 Å². The fourth-order valence-corrected chi connectivity index (χ4v) is 2.44. The summed E-state index contributed by atoms with van der Waals surface area (Å²) >= 11 is 0. The molecule has 0 aliphatic rings. The molecule has 0 aromatic heterocycles. The maximum atomic E-state index is 11.8. The molecule has 0 amide bonds. The summed E-state index contributed by atoms with van der Waals surface area (Å²) in [5, 5.41) is 0. The first-order valence-electron chi connectivity index (χ1n) is 5.44. The summed E-state index contributed by atoms with van der Waals surface area (Å²) < 4.78 is 30.6. The van der Waals surface area contributed by atoms with Gasteiger partial charge in [-0.15, -0.1) is 12.4 Å². The molecule has 8 heteroatoms. The third-order valence-electron chi connectivity index (χ3n) is 2.05. The molecule has 108 valence electrons. The predicted molar refractivity (Wildman–Crippen MR) is 73.2 cm³/mol. The van der Waals surface area contributed by atoms with E-state index in [-0.39, 0.29) is 30.3 Å². The van der Waals surface area contributed by atoms with Gasteiger partial charge in [-0.25, -0.2) is 8.42 Å². The number of nitrogens with two attached hydrogens (primary N) is 1. The van der Waals surface area contributed by atoms with Crippen LogP contribution >= 0.6 is 12.4 Å². The summed E-state index contributed by atoms with van der Waals surface area (Å²) in [7, 11) is -3.70. The van der Waals surface area contributed by atoms with Gasteiger partial charge in [0.1, 0.15) is 0 Å². The number of hydrogen-bond donors (Lipinski definition) is 2. The van der Waals surface area contributed by atoms with Gasteiger partial charge in [-0.05, 0) is 19.1 Å². The molecule has 1 atom stereocenters. The number of carbonyl (C=O) groups is 1. The molecule has 0 saturated heterocycles. The molecule has 6 nitrogen and oxygen atoms in total. The summed E-state index contributed by atoms with van der Waals surface area (Å²) in [6.45, 7) is 1.90. The topological polar surface area (TPSA) is 98.5 Å². The normalized spacial score (nSPS) is 12.3. The number of benzene rings is 1. The van der Waals surface area contributed by atoms with Crippen molar-refractivity contribution in [3.63, 3.8) is 0 Å². The number of sulfonamides is 1. The number of carbonyl (C=O) groups excluding carboxylic acids is 1. The highest BCUT2D eigenvalue weighted by molar-refractivity contribution is 7.89. The largest absolute Gasteiger partial charge is 0.466 e. The lowest BCUT2D eigenvalue weighted by molar-refractivity contribution is -0.143. The minimum atomic E-state index is -3.70. The fraction of sp³-hybridized carbons (Fsp3) is 0.364. The van der Waals surface area contributed by atoms with E-state index in [2.05, 4.69) is 9.46 Å². The lowest BCUT2D eigenvalue weighted by Crippen LogP contribution is -2.43. The average Bonchev–Trinajstić information content (AvgIpc) is 2.29. The van der Waals surface area contributed by atoms with Crippen molar-refractivity contribution < 1.29 is 17.9 Å². The van der Waals surface area contributed by atoms with Crippen molar-refractivity contribution in [1.29, 1.82) is 0 Å². The van der Waals surface area contributed by atoms with Crippen LogP contribution in [0.5, 0.6) is 0 Å². The molecule has 1 rings (SSSR count). The molecule has 0 aliphatic heterocycles. The Bertz CT molecular complexity index is 493. The summed E-state index contributed by atoms with van der Waals surface area (Å²) in [5.74, 6) is -0.541. The summed E-state index contributed by atoms with van der Waals surface area (Å²) in [4.78, 5) is 11.2. The van der Waals surface area contributed by atoms with Crippen LogP contribution in [-0.2, 0) is 19.6 Å². The number of halogens is 1. The van der Waals surface area contributed by atoms with E-state index < -0.39 is 22.2 Å². The maximum Gasteiger partial charge on any atom is 0.308 e. The summed E-state index contributed by atoms with van der Waals surface area (Å²) in [6.07, 6.45) is -1.21. The Labute approximate surface area is 118 Å². The first kappa shape index (κ1) is 17.8. The van der Waals surface area contributed by atoms with Crippen LogP contribution in [0.15, 0.2) is 35.2 Å². The molecule has 0 heterocycles. The van der Waals surface area contributed by atoms with E-state index in [1.807, 2.05) is 0 Å². The van der Waals surface area contributed by atoms with Crippen LogP contribution in [0.1, 0.15) is 13.3 Å². The minimum absolute atomic E-state index is 0. The second-order valence-corrected chi connectivity index (χ2v) is 5.26. The van der Waals surface area contributed by atoms with E-state index in [1.54, 1.807) is 25.1 Å². The fourth-order valence-electron chi connectivity index (χ4n) is 1.31. The summed E-state index contributed by atoms with van der Waals surface area (Å²) in [6, 6.07) is 7.80. The molecule has 1 aromatic carbocycles. The van der Waals surface area contributed by atoms with E-state index in [0.29, 0.717) is 0 Å². The van der Waals surface area contributed by atoms with Crippen LogP contribution < -0.4 is 10.5 Å². The molecule has 0 bridgehead atoms. The van der Waals surface area contributed by atoms with Crippen molar-refractivity contribution in [1.82, 2.24) is 4.72 Å². The number of ether oxygens (including phenoxy) is 1. The van der Waals surface area contributed by atoms with Crippen LogP contribution in [0.2, 0.25) is 0 Å². The van der Waals surface area contributed by atoms with Crippen molar-refractivity contribution in [2.75, 3.05) is 6.61 Å². The molecule has 0 aliphatic carbocycles. The van der Waals surface area contributed by atoms with E-state index in [9.17, 15) is 13.2 Å². The Morgan fingerprint density at radius 2 is 1.95 bits per heavy atom. The van der Waals surface area contributed by atoms with Gasteiger partial charge >= 0.3 is 5.97 Å². The van der Waals surface area contributed by atoms with Crippen molar-refractivity contribution in [3.05, 3.63) is 30.3 Å². The highest BCUT2D eigenvalue weighted by atomic mass is 35.5. The molecule has 3 N–H and O–H groups in total. The van der Waals surface area contributed by atoms with Gasteiger partial charge < -0.3 is 10.5 Å². The van der Waals surface area contributed by atoms with Gasteiger partial charge in [0.2, 0.25) is 10.0 Å². The highest BCUT2D eigenvalue weighted by Gasteiger charge is 2.19. The lowest BCUT2D eigenvalue weighted by Gasteiger charge is -2.13. The molecule has 0 saturated carbocycles. The number of rotatable bonds is 6. The monoisotopic (exact) mass is 308 g/mol. The molecular weight excluding hydrogens is 292 g/mol. The van der Waals surface area contributed by atoms with Crippen molar-refractivity contribution in [2.45, 2.75) is 24.4 Å². The Kier molecular flexibility index (Phi) is 7.62.